The first kappa shape index (κ1) is 11.9. The number of hydrogen-bond donors (Lipinski definition) is 1. The molecule has 1 saturated heterocycles. The lowest BCUT2D eigenvalue weighted by molar-refractivity contribution is -0.143. The van der Waals surface area contributed by atoms with Crippen LogP contribution in [0.15, 0.2) is 0 Å². The molecule has 3 heteroatoms. The largest absolute Gasteiger partial charge is 0.336 e. The molecule has 3 nitrogen and oxygen atoms in total. The minimum Gasteiger partial charge on any atom is -0.336 e. The van der Waals surface area contributed by atoms with Gasteiger partial charge in [0.15, 0.2) is 0 Å². The maximum Gasteiger partial charge on any atom is 0.226 e. The topological polar surface area (TPSA) is 46.3 Å². The van der Waals surface area contributed by atoms with E-state index in [9.17, 15) is 4.79 Å². The third-order valence-corrected chi connectivity index (χ3v) is 4.47. The van der Waals surface area contributed by atoms with E-state index in [1.165, 1.54) is 12.8 Å². The van der Waals surface area contributed by atoms with Gasteiger partial charge in [-0.15, -0.1) is 0 Å². The highest BCUT2D eigenvalue weighted by molar-refractivity contribution is 5.80. The maximum atomic E-state index is 12.4. The van der Waals surface area contributed by atoms with Crippen molar-refractivity contribution in [1.82, 2.24) is 4.90 Å². The predicted octanol–water partition coefficient (Wildman–Crippen LogP) is 1.90. The van der Waals surface area contributed by atoms with Gasteiger partial charge in [-0.2, -0.15) is 0 Å². The van der Waals surface area contributed by atoms with Crippen molar-refractivity contribution in [2.24, 2.45) is 11.7 Å². The molecule has 1 atom stereocenters. The predicted molar refractivity (Wildman–Crippen MR) is 65.0 cm³/mol. The second-order valence-corrected chi connectivity index (χ2v) is 5.87. The molecule has 2 rings (SSSR count). The first-order valence-corrected chi connectivity index (χ1v) is 6.60. The molecule has 1 saturated carbocycles. The Kier molecular flexibility index (Phi) is 3.24. The van der Waals surface area contributed by atoms with E-state index in [0.29, 0.717) is 5.91 Å². The van der Waals surface area contributed by atoms with Crippen LogP contribution < -0.4 is 5.73 Å². The number of nitrogens with two attached hydrogens (primary N) is 1. The molecule has 2 N–H and O–H groups in total. The Morgan fingerprint density at radius 3 is 2.44 bits per heavy atom. The third-order valence-electron chi connectivity index (χ3n) is 4.47. The number of carbonyl (C=O) groups is 1. The van der Waals surface area contributed by atoms with Crippen LogP contribution >= 0.6 is 0 Å². The SMILES string of the molecule is CC1(C)C(N)CCCN1C(=O)C1CCCC1. The van der Waals surface area contributed by atoms with Gasteiger partial charge in [-0.25, -0.2) is 0 Å². The van der Waals surface area contributed by atoms with E-state index >= 15 is 0 Å². The molecule has 2 aliphatic rings. The lowest BCUT2D eigenvalue weighted by Crippen LogP contribution is -2.62. The number of rotatable bonds is 1. The molecule has 2 fully saturated rings. The Bertz CT molecular complexity index is 269. The van der Waals surface area contributed by atoms with Gasteiger partial charge >= 0.3 is 0 Å². The van der Waals surface area contributed by atoms with Gasteiger partial charge in [-0.1, -0.05) is 12.8 Å². The van der Waals surface area contributed by atoms with Gasteiger partial charge in [0.25, 0.3) is 0 Å². The van der Waals surface area contributed by atoms with Crippen LogP contribution in [0.3, 0.4) is 0 Å². The zero-order valence-electron chi connectivity index (χ0n) is 10.5. The molecule has 92 valence electrons. The van der Waals surface area contributed by atoms with Crippen molar-refractivity contribution in [2.45, 2.75) is 64.0 Å². The van der Waals surface area contributed by atoms with Gasteiger partial charge in [0.05, 0.1) is 5.54 Å². The van der Waals surface area contributed by atoms with Gasteiger partial charge in [0, 0.05) is 18.5 Å². The van der Waals surface area contributed by atoms with Crippen molar-refractivity contribution in [3.05, 3.63) is 0 Å². The molecule has 1 aliphatic heterocycles. The zero-order valence-corrected chi connectivity index (χ0v) is 10.5. The van der Waals surface area contributed by atoms with Gasteiger partial charge in [0.1, 0.15) is 0 Å². The summed E-state index contributed by atoms with van der Waals surface area (Å²) in [4.78, 5) is 14.5. The summed E-state index contributed by atoms with van der Waals surface area (Å²) in [6.45, 7) is 5.13. The van der Waals surface area contributed by atoms with E-state index in [1.54, 1.807) is 0 Å². The number of hydrogen-bond acceptors (Lipinski definition) is 2. The summed E-state index contributed by atoms with van der Waals surface area (Å²) < 4.78 is 0. The van der Waals surface area contributed by atoms with E-state index in [0.717, 1.165) is 32.2 Å². The molecular formula is C13H24N2O. The van der Waals surface area contributed by atoms with Crippen LogP contribution in [-0.2, 0) is 4.79 Å². The molecule has 0 aromatic carbocycles. The van der Waals surface area contributed by atoms with Crippen LogP contribution in [0.25, 0.3) is 0 Å². The Labute approximate surface area is 98.4 Å². The van der Waals surface area contributed by atoms with Gasteiger partial charge < -0.3 is 10.6 Å². The van der Waals surface area contributed by atoms with E-state index in [-0.39, 0.29) is 17.5 Å². The monoisotopic (exact) mass is 224 g/mol. The summed E-state index contributed by atoms with van der Waals surface area (Å²) in [7, 11) is 0. The highest BCUT2D eigenvalue weighted by atomic mass is 16.2. The van der Waals surface area contributed by atoms with Crippen LogP contribution in [0, 0.1) is 5.92 Å². The van der Waals surface area contributed by atoms with Crippen molar-refractivity contribution < 1.29 is 4.79 Å². The molecule has 1 heterocycles. The number of amides is 1. The number of piperidine rings is 1. The molecule has 0 aromatic heterocycles. The number of likely N-dealkylation sites (tertiary alicyclic amines) is 1. The van der Waals surface area contributed by atoms with E-state index in [1.807, 2.05) is 0 Å². The van der Waals surface area contributed by atoms with Crippen LogP contribution in [0.4, 0.5) is 0 Å². The molecule has 16 heavy (non-hydrogen) atoms. The van der Waals surface area contributed by atoms with Crippen molar-refractivity contribution in [3.8, 4) is 0 Å². The van der Waals surface area contributed by atoms with Crippen molar-refractivity contribution in [3.63, 3.8) is 0 Å². The fourth-order valence-electron chi connectivity index (χ4n) is 3.10. The second kappa shape index (κ2) is 4.36. The highest BCUT2D eigenvalue weighted by Gasteiger charge is 2.41. The first-order valence-electron chi connectivity index (χ1n) is 6.60. The van der Waals surface area contributed by atoms with E-state index < -0.39 is 0 Å². The molecule has 0 radical (unpaired) electrons. The normalized spacial score (nSPS) is 30.7. The number of nitrogens with zero attached hydrogens (tertiary/aromatic N) is 1. The lowest BCUT2D eigenvalue weighted by atomic mass is 9.84. The highest BCUT2D eigenvalue weighted by Crippen LogP contribution is 2.32. The quantitative estimate of drug-likeness (QED) is 0.739. The fourth-order valence-corrected chi connectivity index (χ4v) is 3.10. The van der Waals surface area contributed by atoms with Gasteiger partial charge in [0.2, 0.25) is 5.91 Å². The number of carbonyl (C=O) groups excluding carboxylic acids is 1. The van der Waals surface area contributed by atoms with Crippen LogP contribution in [0.5, 0.6) is 0 Å². The van der Waals surface area contributed by atoms with Crippen molar-refractivity contribution in [1.29, 1.82) is 0 Å². The van der Waals surface area contributed by atoms with Gasteiger partial charge in [-0.05, 0) is 39.5 Å². The summed E-state index contributed by atoms with van der Waals surface area (Å²) in [5.74, 6) is 0.641. The molecular weight excluding hydrogens is 200 g/mol. The standard InChI is InChI=1S/C13H24N2O/c1-13(2)11(14)8-5-9-15(13)12(16)10-6-3-4-7-10/h10-11H,3-9,14H2,1-2H3. The summed E-state index contributed by atoms with van der Waals surface area (Å²) in [6.07, 6.45) is 6.71. The molecule has 0 bridgehead atoms. The molecule has 1 amide bonds. The van der Waals surface area contributed by atoms with Crippen molar-refractivity contribution >= 4 is 5.91 Å². The summed E-state index contributed by atoms with van der Waals surface area (Å²) in [6, 6.07) is 0.131. The summed E-state index contributed by atoms with van der Waals surface area (Å²) >= 11 is 0. The average Bonchev–Trinajstić information content (AvgIpc) is 2.74. The molecule has 0 spiro atoms. The van der Waals surface area contributed by atoms with Crippen LogP contribution in [-0.4, -0.2) is 28.9 Å². The van der Waals surface area contributed by atoms with E-state index in [4.69, 9.17) is 5.73 Å². The first-order chi connectivity index (χ1) is 7.53. The minimum absolute atomic E-state index is 0.131. The Balaban J connectivity index is 2.09. The fraction of sp³-hybridized carbons (Fsp3) is 0.923. The molecule has 0 aromatic rings. The lowest BCUT2D eigenvalue weighted by Gasteiger charge is -2.47. The van der Waals surface area contributed by atoms with Crippen LogP contribution in [0.2, 0.25) is 0 Å². The minimum atomic E-state index is -0.155. The molecule has 1 unspecified atom stereocenters. The second-order valence-electron chi connectivity index (χ2n) is 5.87. The van der Waals surface area contributed by atoms with E-state index in [2.05, 4.69) is 18.7 Å². The summed E-state index contributed by atoms with van der Waals surface area (Å²) in [5.41, 5.74) is 5.99. The van der Waals surface area contributed by atoms with Gasteiger partial charge in [-0.3, -0.25) is 4.79 Å². The van der Waals surface area contributed by atoms with Crippen LogP contribution in [0.1, 0.15) is 52.4 Å². The Morgan fingerprint density at radius 2 is 1.81 bits per heavy atom. The molecule has 1 aliphatic carbocycles. The Hall–Kier alpha value is -0.570. The maximum absolute atomic E-state index is 12.4. The third kappa shape index (κ3) is 1.97. The average molecular weight is 224 g/mol. The smallest absolute Gasteiger partial charge is 0.226 e. The summed E-state index contributed by atoms with van der Waals surface area (Å²) in [5, 5.41) is 0. The zero-order chi connectivity index (χ0) is 11.8. The Morgan fingerprint density at radius 1 is 1.19 bits per heavy atom. The van der Waals surface area contributed by atoms with Crippen molar-refractivity contribution in [2.75, 3.05) is 6.54 Å².